The lowest BCUT2D eigenvalue weighted by atomic mass is 10.4. The summed E-state index contributed by atoms with van der Waals surface area (Å²) in [6.07, 6.45) is 3.77. The summed E-state index contributed by atoms with van der Waals surface area (Å²) in [5, 5.41) is 10.1. The quantitative estimate of drug-likeness (QED) is 0.789. The van der Waals surface area contributed by atoms with Crippen molar-refractivity contribution in [1.29, 1.82) is 0 Å². The van der Waals surface area contributed by atoms with Crippen molar-refractivity contribution in [2.45, 2.75) is 0 Å². The molecule has 0 saturated carbocycles. The van der Waals surface area contributed by atoms with Gasteiger partial charge in [-0.05, 0) is 0 Å². The molecule has 0 unspecified atom stereocenters. The molecule has 0 aliphatic heterocycles. The Bertz CT molecular complexity index is 404. The first kappa shape index (κ1) is 8.25. The molecule has 4 nitrogen and oxygen atoms in total. The van der Waals surface area contributed by atoms with Crippen LogP contribution in [0, 0.1) is 0 Å². The molecule has 0 spiro atoms. The molecule has 1 N–H and O–H groups in total. The van der Waals surface area contributed by atoms with Crippen LogP contribution in [0.5, 0.6) is 0 Å². The first-order valence-corrected chi connectivity index (χ1v) is 4.80. The molecular formula is C8H10N4S. The van der Waals surface area contributed by atoms with Gasteiger partial charge in [0.1, 0.15) is 10.8 Å². The molecule has 0 bridgehead atoms. The molecule has 2 aromatic heterocycles. The second-order valence-corrected chi connectivity index (χ2v) is 3.55. The van der Waals surface area contributed by atoms with E-state index in [4.69, 9.17) is 0 Å². The van der Waals surface area contributed by atoms with Gasteiger partial charge in [0.2, 0.25) is 0 Å². The first-order valence-electron chi connectivity index (χ1n) is 3.92. The summed E-state index contributed by atoms with van der Waals surface area (Å²) in [6.45, 7) is 0. The smallest absolute Gasteiger partial charge is 0.137 e. The van der Waals surface area contributed by atoms with Gasteiger partial charge in [-0.25, -0.2) is 4.98 Å². The molecule has 5 heteroatoms. The minimum absolute atomic E-state index is 0.906. The number of hydrogen-bond acceptors (Lipinski definition) is 4. The Morgan fingerprint density at radius 2 is 2.38 bits per heavy atom. The van der Waals surface area contributed by atoms with Gasteiger partial charge in [0.25, 0.3) is 0 Å². The Kier molecular flexibility index (Phi) is 2.02. The van der Waals surface area contributed by atoms with E-state index in [1.165, 1.54) is 0 Å². The second kappa shape index (κ2) is 3.18. The average Bonchev–Trinajstić information content (AvgIpc) is 2.71. The molecule has 0 fully saturated rings. The molecule has 0 amide bonds. The Labute approximate surface area is 80.2 Å². The van der Waals surface area contributed by atoms with Gasteiger partial charge in [-0.1, -0.05) is 0 Å². The van der Waals surface area contributed by atoms with Crippen LogP contribution in [-0.4, -0.2) is 21.8 Å². The molecule has 0 aromatic carbocycles. The van der Waals surface area contributed by atoms with Gasteiger partial charge in [0.15, 0.2) is 0 Å². The molecule has 68 valence electrons. The SMILES string of the molecule is CNc1csc(-c2cnn(C)c2)n1. The van der Waals surface area contributed by atoms with Crippen molar-refractivity contribution in [2.24, 2.45) is 7.05 Å². The van der Waals surface area contributed by atoms with Crippen molar-refractivity contribution in [3.05, 3.63) is 17.8 Å². The Hall–Kier alpha value is -1.36. The molecule has 13 heavy (non-hydrogen) atoms. The van der Waals surface area contributed by atoms with E-state index in [9.17, 15) is 0 Å². The number of nitrogens with one attached hydrogen (secondary N) is 1. The number of aryl methyl sites for hydroxylation is 1. The summed E-state index contributed by atoms with van der Waals surface area (Å²) in [5.74, 6) is 0.906. The molecule has 0 radical (unpaired) electrons. The number of hydrogen-bond donors (Lipinski definition) is 1. The van der Waals surface area contributed by atoms with Crippen LogP contribution < -0.4 is 5.32 Å². The average molecular weight is 194 g/mol. The third kappa shape index (κ3) is 1.55. The van der Waals surface area contributed by atoms with E-state index in [0.29, 0.717) is 0 Å². The predicted octanol–water partition coefficient (Wildman–Crippen LogP) is 1.59. The van der Waals surface area contributed by atoms with E-state index >= 15 is 0 Å². The van der Waals surface area contributed by atoms with Gasteiger partial charge in [-0.15, -0.1) is 11.3 Å². The van der Waals surface area contributed by atoms with E-state index in [0.717, 1.165) is 16.4 Å². The van der Waals surface area contributed by atoms with Gasteiger partial charge >= 0.3 is 0 Å². The van der Waals surface area contributed by atoms with Gasteiger partial charge < -0.3 is 5.32 Å². The third-order valence-electron chi connectivity index (χ3n) is 1.71. The van der Waals surface area contributed by atoms with Gasteiger partial charge in [-0.3, -0.25) is 4.68 Å². The Morgan fingerprint density at radius 3 is 2.92 bits per heavy atom. The molecule has 2 rings (SSSR count). The van der Waals surface area contributed by atoms with E-state index in [1.54, 1.807) is 16.0 Å². The van der Waals surface area contributed by atoms with E-state index < -0.39 is 0 Å². The van der Waals surface area contributed by atoms with E-state index in [-0.39, 0.29) is 0 Å². The highest BCUT2D eigenvalue weighted by atomic mass is 32.1. The maximum Gasteiger partial charge on any atom is 0.137 e. The van der Waals surface area contributed by atoms with Crippen molar-refractivity contribution >= 4 is 17.2 Å². The Morgan fingerprint density at radius 1 is 1.54 bits per heavy atom. The zero-order valence-corrected chi connectivity index (χ0v) is 8.30. The summed E-state index contributed by atoms with van der Waals surface area (Å²) in [6, 6.07) is 0. The van der Waals surface area contributed by atoms with Crippen LogP contribution in [0.2, 0.25) is 0 Å². The number of thiazole rings is 1. The summed E-state index contributed by atoms with van der Waals surface area (Å²) in [4.78, 5) is 4.37. The first-order chi connectivity index (χ1) is 6.29. The minimum Gasteiger partial charge on any atom is -0.372 e. The Balaban J connectivity index is 2.35. The minimum atomic E-state index is 0.906. The number of rotatable bonds is 2. The maximum absolute atomic E-state index is 4.37. The van der Waals surface area contributed by atoms with Crippen molar-refractivity contribution in [2.75, 3.05) is 12.4 Å². The number of nitrogens with zero attached hydrogens (tertiary/aromatic N) is 3. The summed E-state index contributed by atoms with van der Waals surface area (Å²) in [7, 11) is 3.76. The standard InChI is InChI=1S/C8H10N4S/c1-9-7-5-13-8(11-7)6-3-10-12(2)4-6/h3-5,9H,1-2H3. The van der Waals surface area contributed by atoms with Crippen LogP contribution in [0.25, 0.3) is 10.6 Å². The van der Waals surface area contributed by atoms with Crippen LogP contribution in [0.3, 0.4) is 0 Å². The zero-order valence-electron chi connectivity index (χ0n) is 7.48. The van der Waals surface area contributed by atoms with Gasteiger partial charge in [0, 0.05) is 31.2 Å². The van der Waals surface area contributed by atoms with Crippen molar-refractivity contribution < 1.29 is 0 Å². The van der Waals surface area contributed by atoms with E-state index in [2.05, 4.69) is 15.4 Å². The summed E-state index contributed by atoms with van der Waals surface area (Å²) >= 11 is 1.61. The van der Waals surface area contributed by atoms with Crippen molar-refractivity contribution in [3.8, 4) is 10.6 Å². The highest BCUT2D eigenvalue weighted by Crippen LogP contribution is 2.24. The fourth-order valence-corrected chi connectivity index (χ4v) is 1.84. The highest BCUT2D eigenvalue weighted by Gasteiger charge is 2.04. The molecule has 0 aliphatic rings. The molecule has 0 aliphatic carbocycles. The fourth-order valence-electron chi connectivity index (χ4n) is 1.05. The molecular weight excluding hydrogens is 184 g/mol. The lowest BCUT2D eigenvalue weighted by Crippen LogP contribution is -1.86. The summed E-state index contributed by atoms with van der Waals surface area (Å²) < 4.78 is 1.77. The topological polar surface area (TPSA) is 42.7 Å². The normalized spacial score (nSPS) is 10.3. The highest BCUT2D eigenvalue weighted by molar-refractivity contribution is 7.13. The molecule has 2 heterocycles. The molecule has 0 saturated heterocycles. The van der Waals surface area contributed by atoms with Crippen LogP contribution in [0.4, 0.5) is 5.82 Å². The lowest BCUT2D eigenvalue weighted by Gasteiger charge is -1.89. The van der Waals surface area contributed by atoms with Gasteiger partial charge in [-0.2, -0.15) is 5.10 Å². The van der Waals surface area contributed by atoms with Crippen molar-refractivity contribution in [1.82, 2.24) is 14.8 Å². The summed E-state index contributed by atoms with van der Waals surface area (Å²) in [5.41, 5.74) is 1.06. The van der Waals surface area contributed by atoms with Gasteiger partial charge in [0.05, 0.1) is 6.20 Å². The zero-order chi connectivity index (χ0) is 9.26. The maximum atomic E-state index is 4.37. The van der Waals surface area contributed by atoms with Crippen LogP contribution >= 0.6 is 11.3 Å². The number of anilines is 1. The predicted molar refractivity (Wildman–Crippen MR) is 53.9 cm³/mol. The van der Waals surface area contributed by atoms with E-state index in [1.807, 2.05) is 31.9 Å². The second-order valence-electron chi connectivity index (χ2n) is 2.69. The largest absolute Gasteiger partial charge is 0.372 e. The number of aromatic nitrogens is 3. The monoisotopic (exact) mass is 194 g/mol. The van der Waals surface area contributed by atoms with Crippen LogP contribution in [0.1, 0.15) is 0 Å². The third-order valence-corrected chi connectivity index (χ3v) is 2.60. The fraction of sp³-hybridized carbons (Fsp3) is 0.250. The lowest BCUT2D eigenvalue weighted by molar-refractivity contribution is 0.768. The van der Waals surface area contributed by atoms with Crippen LogP contribution in [0.15, 0.2) is 17.8 Å². The van der Waals surface area contributed by atoms with Crippen molar-refractivity contribution in [3.63, 3.8) is 0 Å². The molecule has 0 atom stereocenters. The molecule has 2 aromatic rings. The van der Waals surface area contributed by atoms with Crippen LogP contribution in [-0.2, 0) is 7.05 Å².